The molecular formula is C44H30N2. The van der Waals surface area contributed by atoms with E-state index in [1.165, 1.54) is 60.2 Å². The lowest BCUT2D eigenvalue weighted by Crippen LogP contribution is -2.09. The van der Waals surface area contributed by atoms with Gasteiger partial charge in [0.1, 0.15) is 0 Å². The van der Waals surface area contributed by atoms with Crippen LogP contribution >= 0.6 is 0 Å². The van der Waals surface area contributed by atoms with Crippen LogP contribution in [-0.4, -0.2) is 4.57 Å². The van der Waals surface area contributed by atoms with Crippen molar-refractivity contribution in [3.8, 4) is 16.8 Å². The second kappa shape index (κ2) is 10.8. The maximum absolute atomic E-state index is 2.40. The van der Waals surface area contributed by atoms with Crippen molar-refractivity contribution in [1.82, 2.24) is 4.57 Å². The van der Waals surface area contributed by atoms with E-state index in [1.807, 2.05) is 0 Å². The molecule has 0 aliphatic heterocycles. The van der Waals surface area contributed by atoms with Crippen molar-refractivity contribution in [2.75, 3.05) is 4.90 Å². The van der Waals surface area contributed by atoms with Gasteiger partial charge in [0.25, 0.3) is 0 Å². The Morgan fingerprint density at radius 1 is 0.326 bits per heavy atom. The smallest absolute Gasteiger partial charge is 0.0547 e. The Bertz CT molecular complexity index is 2500. The molecule has 1 heterocycles. The first-order valence-corrected chi connectivity index (χ1v) is 15.8. The van der Waals surface area contributed by atoms with Crippen LogP contribution < -0.4 is 4.90 Å². The minimum absolute atomic E-state index is 1.13. The first kappa shape index (κ1) is 26.3. The van der Waals surface area contributed by atoms with Crippen LogP contribution in [-0.2, 0) is 0 Å². The molecule has 0 atom stereocenters. The van der Waals surface area contributed by atoms with Crippen LogP contribution in [0.2, 0.25) is 0 Å². The Labute approximate surface area is 268 Å². The summed E-state index contributed by atoms with van der Waals surface area (Å²) in [4.78, 5) is 2.34. The van der Waals surface area contributed by atoms with Crippen molar-refractivity contribution >= 4 is 60.4 Å². The van der Waals surface area contributed by atoms with Gasteiger partial charge in [-0.2, -0.15) is 0 Å². The fourth-order valence-electron chi connectivity index (χ4n) is 6.97. The summed E-state index contributed by atoms with van der Waals surface area (Å²) in [5.74, 6) is 0. The van der Waals surface area contributed by atoms with E-state index in [1.54, 1.807) is 0 Å². The zero-order chi connectivity index (χ0) is 30.5. The number of rotatable bonds is 5. The van der Waals surface area contributed by atoms with Crippen molar-refractivity contribution in [3.05, 3.63) is 182 Å². The third-order valence-electron chi connectivity index (χ3n) is 9.13. The van der Waals surface area contributed by atoms with Crippen molar-refractivity contribution in [3.63, 3.8) is 0 Å². The van der Waals surface area contributed by atoms with Crippen molar-refractivity contribution in [2.24, 2.45) is 0 Å². The quantitative estimate of drug-likeness (QED) is 0.182. The number of fused-ring (bicyclic) bond motifs is 6. The fourth-order valence-corrected chi connectivity index (χ4v) is 6.97. The van der Waals surface area contributed by atoms with Crippen molar-refractivity contribution < 1.29 is 0 Å². The summed E-state index contributed by atoms with van der Waals surface area (Å²) >= 11 is 0. The molecule has 1 aromatic heterocycles. The van der Waals surface area contributed by atoms with Crippen LogP contribution in [0.4, 0.5) is 17.1 Å². The molecule has 8 aromatic carbocycles. The van der Waals surface area contributed by atoms with Gasteiger partial charge in [-0.05, 0) is 99.4 Å². The monoisotopic (exact) mass is 586 g/mol. The number of benzene rings is 8. The molecule has 0 spiro atoms. The molecule has 0 saturated carbocycles. The summed E-state index contributed by atoms with van der Waals surface area (Å²) in [6.07, 6.45) is 0. The molecule has 46 heavy (non-hydrogen) atoms. The average Bonchev–Trinajstić information content (AvgIpc) is 3.45. The van der Waals surface area contributed by atoms with E-state index in [4.69, 9.17) is 0 Å². The molecule has 0 radical (unpaired) electrons. The third-order valence-corrected chi connectivity index (χ3v) is 9.13. The van der Waals surface area contributed by atoms with Gasteiger partial charge in [-0.25, -0.2) is 0 Å². The van der Waals surface area contributed by atoms with E-state index >= 15 is 0 Å². The molecule has 9 aromatic rings. The zero-order valence-electron chi connectivity index (χ0n) is 25.2. The number of nitrogens with zero attached hydrogens (tertiary/aromatic N) is 2. The molecule has 2 nitrogen and oxygen atoms in total. The Morgan fingerprint density at radius 3 is 1.67 bits per heavy atom. The Kier molecular flexibility index (Phi) is 6.17. The molecule has 0 saturated heterocycles. The average molecular weight is 587 g/mol. The number of para-hydroxylation sites is 3. The molecule has 0 amide bonds. The highest BCUT2D eigenvalue weighted by Crippen LogP contribution is 2.40. The van der Waals surface area contributed by atoms with Crippen LogP contribution in [0.25, 0.3) is 60.2 Å². The maximum Gasteiger partial charge on any atom is 0.0547 e. The van der Waals surface area contributed by atoms with Crippen molar-refractivity contribution in [1.29, 1.82) is 0 Å². The second-order valence-electron chi connectivity index (χ2n) is 11.8. The lowest BCUT2D eigenvalue weighted by atomic mass is 9.99. The molecule has 0 aliphatic rings. The maximum atomic E-state index is 2.40. The van der Waals surface area contributed by atoms with E-state index < -0.39 is 0 Å². The van der Waals surface area contributed by atoms with Gasteiger partial charge in [-0.1, -0.05) is 115 Å². The molecule has 0 unspecified atom stereocenters. The van der Waals surface area contributed by atoms with Gasteiger partial charge in [0.15, 0.2) is 0 Å². The second-order valence-corrected chi connectivity index (χ2v) is 11.8. The minimum Gasteiger partial charge on any atom is -0.310 e. The molecule has 2 heteroatoms. The summed E-state index contributed by atoms with van der Waals surface area (Å²) in [6.45, 7) is 0. The predicted molar refractivity (Wildman–Crippen MR) is 196 cm³/mol. The van der Waals surface area contributed by atoms with Gasteiger partial charge in [0.05, 0.1) is 11.0 Å². The topological polar surface area (TPSA) is 8.17 Å². The lowest BCUT2D eigenvalue weighted by molar-refractivity contribution is 1.18. The Morgan fingerprint density at radius 2 is 0.913 bits per heavy atom. The zero-order valence-corrected chi connectivity index (χ0v) is 25.2. The van der Waals surface area contributed by atoms with Crippen LogP contribution in [0.3, 0.4) is 0 Å². The van der Waals surface area contributed by atoms with E-state index in [9.17, 15) is 0 Å². The molecule has 9 rings (SSSR count). The van der Waals surface area contributed by atoms with Crippen LogP contribution in [0.1, 0.15) is 0 Å². The van der Waals surface area contributed by atoms with E-state index in [2.05, 4.69) is 191 Å². The molecule has 0 N–H and O–H groups in total. The van der Waals surface area contributed by atoms with Gasteiger partial charge < -0.3 is 9.47 Å². The largest absolute Gasteiger partial charge is 0.310 e. The normalized spacial score (nSPS) is 11.5. The van der Waals surface area contributed by atoms with Crippen LogP contribution in [0.15, 0.2) is 182 Å². The van der Waals surface area contributed by atoms with E-state index in [0.717, 1.165) is 17.1 Å². The molecule has 0 bridgehead atoms. The number of hydrogen-bond donors (Lipinski definition) is 0. The number of aromatic nitrogens is 1. The summed E-state index contributed by atoms with van der Waals surface area (Å²) in [7, 11) is 0. The Hall–Kier alpha value is -6.12. The highest BCUT2D eigenvalue weighted by molar-refractivity contribution is 6.18. The van der Waals surface area contributed by atoms with Crippen LogP contribution in [0.5, 0.6) is 0 Å². The van der Waals surface area contributed by atoms with E-state index in [0.29, 0.717) is 0 Å². The summed E-state index contributed by atoms with van der Waals surface area (Å²) < 4.78 is 2.40. The fraction of sp³-hybridized carbons (Fsp3) is 0. The Balaban J connectivity index is 1.21. The summed E-state index contributed by atoms with van der Waals surface area (Å²) in [6, 6.07) is 65.6. The first-order chi connectivity index (χ1) is 22.8. The third kappa shape index (κ3) is 4.35. The van der Waals surface area contributed by atoms with E-state index in [-0.39, 0.29) is 0 Å². The molecule has 0 fully saturated rings. The molecular weight excluding hydrogens is 556 g/mol. The minimum atomic E-state index is 1.13. The SMILES string of the molecule is c1ccc(-c2ccc(N(c3ccccc3)c3ccc4c(ccc5cc6c7ccccc7n(-c7ccccc7)c6cc54)c3)cc2)cc1. The van der Waals surface area contributed by atoms with Gasteiger partial charge >= 0.3 is 0 Å². The highest BCUT2D eigenvalue weighted by Gasteiger charge is 2.16. The summed E-state index contributed by atoms with van der Waals surface area (Å²) in [5.41, 5.74) is 9.43. The standard InChI is InChI=1S/C44H30N2/c1-4-12-31(13-5-1)32-22-24-37(25-23-32)45(35-14-6-2-7-15-35)38-26-27-39-33(28-38)20-21-34-29-42-40-18-10-11-19-43(40)46(44(42)30-41(34)39)36-16-8-3-9-17-36/h1-30H. The number of hydrogen-bond acceptors (Lipinski definition) is 1. The highest BCUT2D eigenvalue weighted by atomic mass is 15.1. The first-order valence-electron chi connectivity index (χ1n) is 15.8. The summed E-state index contributed by atoms with van der Waals surface area (Å²) in [5, 5.41) is 7.52. The van der Waals surface area contributed by atoms with Gasteiger partial charge in [-0.3, -0.25) is 0 Å². The number of anilines is 3. The van der Waals surface area contributed by atoms with Gasteiger partial charge in [0, 0.05) is 33.5 Å². The van der Waals surface area contributed by atoms with Crippen molar-refractivity contribution in [2.45, 2.75) is 0 Å². The van der Waals surface area contributed by atoms with Gasteiger partial charge in [-0.15, -0.1) is 0 Å². The molecule has 0 aliphatic carbocycles. The lowest BCUT2D eigenvalue weighted by Gasteiger charge is -2.26. The van der Waals surface area contributed by atoms with Crippen LogP contribution in [0, 0.1) is 0 Å². The molecule has 216 valence electrons. The predicted octanol–water partition coefficient (Wildman–Crippen LogP) is 12.2. The van der Waals surface area contributed by atoms with Gasteiger partial charge in [0.2, 0.25) is 0 Å².